The van der Waals surface area contributed by atoms with E-state index in [0.29, 0.717) is 6.04 Å². The van der Waals surface area contributed by atoms with Gasteiger partial charge in [-0.25, -0.2) is 0 Å². The van der Waals surface area contributed by atoms with Crippen LogP contribution in [0.1, 0.15) is 38.3 Å². The zero-order valence-electron chi connectivity index (χ0n) is 11.5. The third kappa shape index (κ3) is 4.49. The minimum atomic E-state index is -0.780. The van der Waals surface area contributed by atoms with Crippen LogP contribution in [0.2, 0.25) is 0 Å². The number of rotatable bonds is 7. The minimum Gasteiger partial charge on any atom is -0.481 e. The number of carboxylic acids is 1. The maximum atomic E-state index is 10.6. The Hall–Kier alpha value is -1.35. The fourth-order valence-corrected chi connectivity index (χ4v) is 2.01. The Balaban J connectivity index is 2.64. The highest BCUT2D eigenvalue weighted by Crippen LogP contribution is 2.12. The van der Waals surface area contributed by atoms with Crippen molar-refractivity contribution in [2.75, 3.05) is 6.54 Å². The zero-order valence-corrected chi connectivity index (χ0v) is 11.5. The van der Waals surface area contributed by atoms with Gasteiger partial charge in [0, 0.05) is 12.6 Å². The smallest absolute Gasteiger partial charge is 0.307 e. The van der Waals surface area contributed by atoms with Crippen molar-refractivity contribution < 1.29 is 9.90 Å². The second-order valence-electron chi connectivity index (χ2n) is 4.71. The normalized spacial score (nSPS) is 12.7. The first-order valence-corrected chi connectivity index (χ1v) is 6.60. The largest absolute Gasteiger partial charge is 0.481 e. The Kier molecular flexibility index (Phi) is 5.86. The Bertz CT molecular complexity index is 373. The summed E-state index contributed by atoms with van der Waals surface area (Å²) >= 11 is 0. The number of aliphatic carboxylic acids is 1. The second kappa shape index (κ2) is 7.17. The third-order valence-electron chi connectivity index (χ3n) is 3.38. The van der Waals surface area contributed by atoms with Crippen molar-refractivity contribution in [1.82, 2.24) is 4.90 Å². The van der Waals surface area contributed by atoms with E-state index in [1.54, 1.807) is 0 Å². The van der Waals surface area contributed by atoms with Gasteiger partial charge < -0.3 is 5.11 Å². The average Bonchev–Trinajstić information content (AvgIpc) is 2.36. The Labute approximate surface area is 109 Å². The van der Waals surface area contributed by atoms with E-state index >= 15 is 0 Å². The van der Waals surface area contributed by atoms with Gasteiger partial charge in [0.15, 0.2) is 0 Å². The van der Waals surface area contributed by atoms with Gasteiger partial charge in [-0.05, 0) is 31.0 Å². The van der Waals surface area contributed by atoms with Crippen LogP contribution in [0.15, 0.2) is 24.3 Å². The standard InChI is InChI=1S/C15H23NO2/c1-4-12(3)16(5-2)11-14-8-6-13(7-9-14)10-15(17)18/h6-9,12H,4-5,10-11H2,1-3H3,(H,17,18). The Morgan fingerprint density at radius 2 is 1.78 bits per heavy atom. The van der Waals surface area contributed by atoms with Crippen LogP contribution >= 0.6 is 0 Å². The monoisotopic (exact) mass is 249 g/mol. The predicted octanol–water partition coefficient (Wildman–Crippen LogP) is 2.93. The summed E-state index contributed by atoms with van der Waals surface area (Å²) in [4.78, 5) is 13.0. The van der Waals surface area contributed by atoms with Gasteiger partial charge in [-0.2, -0.15) is 0 Å². The van der Waals surface area contributed by atoms with Crippen LogP contribution in [0.5, 0.6) is 0 Å². The van der Waals surface area contributed by atoms with Gasteiger partial charge in [-0.15, -0.1) is 0 Å². The first-order chi connectivity index (χ1) is 8.56. The van der Waals surface area contributed by atoms with E-state index in [2.05, 4.69) is 25.7 Å². The molecule has 0 radical (unpaired) electrons. The van der Waals surface area contributed by atoms with Crippen LogP contribution in [0.3, 0.4) is 0 Å². The Morgan fingerprint density at radius 3 is 2.22 bits per heavy atom. The maximum Gasteiger partial charge on any atom is 0.307 e. The number of carboxylic acid groups (broad SMARTS) is 1. The molecule has 100 valence electrons. The molecule has 0 aliphatic rings. The molecule has 0 aliphatic carbocycles. The summed E-state index contributed by atoms with van der Waals surface area (Å²) < 4.78 is 0. The molecule has 3 heteroatoms. The molecule has 1 aromatic rings. The van der Waals surface area contributed by atoms with Gasteiger partial charge in [-0.1, -0.05) is 38.1 Å². The molecule has 1 aromatic carbocycles. The molecule has 0 fully saturated rings. The summed E-state index contributed by atoms with van der Waals surface area (Å²) in [6, 6.07) is 8.46. The first-order valence-electron chi connectivity index (χ1n) is 6.60. The molecule has 0 aromatic heterocycles. The molecule has 1 N–H and O–H groups in total. The zero-order chi connectivity index (χ0) is 13.5. The lowest BCUT2D eigenvalue weighted by Crippen LogP contribution is -2.31. The van der Waals surface area contributed by atoms with Crippen LogP contribution in [-0.4, -0.2) is 28.6 Å². The highest BCUT2D eigenvalue weighted by molar-refractivity contribution is 5.70. The van der Waals surface area contributed by atoms with E-state index in [-0.39, 0.29) is 6.42 Å². The van der Waals surface area contributed by atoms with Crippen LogP contribution in [0.25, 0.3) is 0 Å². The summed E-state index contributed by atoms with van der Waals surface area (Å²) in [5.41, 5.74) is 2.10. The number of hydrogen-bond donors (Lipinski definition) is 1. The van der Waals surface area contributed by atoms with E-state index in [9.17, 15) is 4.79 Å². The minimum absolute atomic E-state index is 0.100. The second-order valence-corrected chi connectivity index (χ2v) is 4.71. The molecular weight excluding hydrogens is 226 g/mol. The first kappa shape index (κ1) is 14.7. The van der Waals surface area contributed by atoms with Gasteiger partial charge in [-0.3, -0.25) is 9.69 Å². The summed E-state index contributed by atoms with van der Waals surface area (Å²) in [6.07, 6.45) is 1.24. The molecule has 0 saturated heterocycles. The van der Waals surface area contributed by atoms with Crippen molar-refractivity contribution in [1.29, 1.82) is 0 Å². The molecule has 0 heterocycles. The fourth-order valence-electron chi connectivity index (χ4n) is 2.01. The highest BCUT2D eigenvalue weighted by atomic mass is 16.4. The fraction of sp³-hybridized carbons (Fsp3) is 0.533. The van der Waals surface area contributed by atoms with Gasteiger partial charge in [0.2, 0.25) is 0 Å². The molecule has 0 spiro atoms. The molecule has 1 atom stereocenters. The molecule has 1 rings (SSSR count). The summed E-state index contributed by atoms with van der Waals surface area (Å²) in [5.74, 6) is -0.780. The van der Waals surface area contributed by atoms with E-state index in [4.69, 9.17) is 5.11 Å². The van der Waals surface area contributed by atoms with Crippen LogP contribution in [0, 0.1) is 0 Å². The van der Waals surface area contributed by atoms with Crippen LogP contribution in [-0.2, 0) is 17.8 Å². The van der Waals surface area contributed by atoms with Crippen molar-refractivity contribution >= 4 is 5.97 Å². The lowest BCUT2D eigenvalue weighted by molar-refractivity contribution is -0.136. The quantitative estimate of drug-likeness (QED) is 0.807. The van der Waals surface area contributed by atoms with Crippen LogP contribution in [0.4, 0.5) is 0 Å². The number of hydrogen-bond acceptors (Lipinski definition) is 2. The lowest BCUT2D eigenvalue weighted by atomic mass is 10.1. The molecular formula is C15H23NO2. The molecule has 1 unspecified atom stereocenters. The van der Waals surface area contributed by atoms with Crippen molar-refractivity contribution in [3.8, 4) is 0 Å². The SMILES string of the molecule is CCC(C)N(CC)Cc1ccc(CC(=O)O)cc1. The number of benzene rings is 1. The van der Waals surface area contributed by atoms with Gasteiger partial charge in [0.25, 0.3) is 0 Å². The van der Waals surface area contributed by atoms with E-state index in [0.717, 1.165) is 25.1 Å². The molecule has 0 saturated carbocycles. The molecule has 0 bridgehead atoms. The Morgan fingerprint density at radius 1 is 1.22 bits per heavy atom. The number of carbonyl (C=O) groups is 1. The topological polar surface area (TPSA) is 40.5 Å². The van der Waals surface area contributed by atoms with Crippen LogP contribution < -0.4 is 0 Å². The van der Waals surface area contributed by atoms with E-state index < -0.39 is 5.97 Å². The number of nitrogens with zero attached hydrogens (tertiary/aromatic N) is 1. The third-order valence-corrected chi connectivity index (χ3v) is 3.38. The van der Waals surface area contributed by atoms with Crippen molar-refractivity contribution in [2.24, 2.45) is 0 Å². The van der Waals surface area contributed by atoms with Crippen molar-refractivity contribution in [3.63, 3.8) is 0 Å². The van der Waals surface area contributed by atoms with Crippen molar-refractivity contribution in [3.05, 3.63) is 35.4 Å². The molecule has 0 amide bonds. The molecule has 18 heavy (non-hydrogen) atoms. The highest BCUT2D eigenvalue weighted by Gasteiger charge is 2.10. The van der Waals surface area contributed by atoms with Gasteiger partial charge in [0.05, 0.1) is 6.42 Å². The average molecular weight is 249 g/mol. The van der Waals surface area contributed by atoms with E-state index in [1.807, 2.05) is 24.3 Å². The maximum absolute atomic E-state index is 10.6. The van der Waals surface area contributed by atoms with E-state index in [1.165, 1.54) is 5.56 Å². The van der Waals surface area contributed by atoms with Gasteiger partial charge >= 0.3 is 5.97 Å². The van der Waals surface area contributed by atoms with Crippen molar-refractivity contribution in [2.45, 2.75) is 46.2 Å². The van der Waals surface area contributed by atoms with Gasteiger partial charge in [0.1, 0.15) is 0 Å². The predicted molar refractivity (Wildman–Crippen MR) is 73.6 cm³/mol. The molecule has 0 aliphatic heterocycles. The summed E-state index contributed by atoms with van der Waals surface area (Å²) in [5, 5.41) is 8.72. The summed E-state index contributed by atoms with van der Waals surface area (Å²) in [7, 11) is 0. The summed E-state index contributed by atoms with van der Waals surface area (Å²) in [6.45, 7) is 8.57. The molecule has 3 nitrogen and oxygen atoms in total. The lowest BCUT2D eigenvalue weighted by Gasteiger charge is -2.27.